The highest BCUT2D eigenvalue weighted by Gasteiger charge is 2.31. The van der Waals surface area contributed by atoms with Gasteiger partial charge in [-0.2, -0.15) is 11.8 Å². The lowest BCUT2D eigenvalue weighted by Gasteiger charge is -2.32. The van der Waals surface area contributed by atoms with Gasteiger partial charge in [0.05, 0.1) is 12.2 Å². The van der Waals surface area contributed by atoms with Crippen LogP contribution in [-0.4, -0.2) is 54.2 Å². The molecule has 0 bridgehead atoms. The fourth-order valence-electron chi connectivity index (χ4n) is 2.44. The van der Waals surface area contributed by atoms with Gasteiger partial charge in [-0.1, -0.05) is 5.16 Å². The van der Waals surface area contributed by atoms with E-state index in [2.05, 4.69) is 10.5 Å². The quantitative estimate of drug-likeness (QED) is 0.828. The number of hydrogen-bond donors (Lipinski definition) is 1. The highest BCUT2D eigenvalue weighted by atomic mass is 32.2. The van der Waals surface area contributed by atoms with Crippen LogP contribution in [0, 0.1) is 0 Å². The molecule has 0 spiro atoms. The van der Waals surface area contributed by atoms with Crippen molar-refractivity contribution in [3.63, 3.8) is 0 Å². The van der Waals surface area contributed by atoms with Gasteiger partial charge in [0.25, 0.3) is 0 Å². The van der Waals surface area contributed by atoms with E-state index in [9.17, 15) is 8.42 Å². The van der Waals surface area contributed by atoms with Gasteiger partial charge in [-0.15, -0.1) is 0 Å². The van der Waals surface area contributed by atoms with Crippen molar-refractivity contribution < 1.29 is 12.9 Å². The van der Waals surface area contributed by atoms with E-state index in [4.69, 9.17) is 4.52 Å². The lowest BCUT2D eigenvalue weighted by atomic mass is 10.3. The molecule has 1 aliphatic carbocycles. The van der Waals surface area contributed by atoms with Crippen molar-refractivity contribution in [2.24, 2.45) is 0 Å². The van der Waals surface area contributed by atoms with Gasteiger partial charge >= 0.3 is 0 Å². The fraction of sp³-hybridized carbons (Fsp3) is 0.769. The predicted molar refractivity (Wildman–Crippen MR) is 82.7 cm³/mol. The van der Waals surface area contributed by atoms with Crippen LogP contribution in [0.15, 0.2) is 10.6 Å². The van der Waals surface area contributed by atoms with E-state index in [-0.39, 0.29) is 0 Å². The maximum atomic E-state index is 11.9. The number of sulfone groups is 1. The molecule has 2 heterocycles. The highest BCUT2D eigenvalue weighted by molar-refractivity contribution is 8.00. The summed E-state index contributed by atoms with van der Waals surface area (Å²) in [6, 6.07) is 2.56. The maximum Gasteiger partial charge on any atom is 0.164 e. The summed E-state index contributed by atoms with van der Waals surface area (Å²) in [6.07, 6.45) is 3.79. The summed E-state index contributed by atoms with van der Waals surface area (Å²) < 4.78 is 29.1. The summed E-state index contributed by atoms with van der Waals surface area (Å²) in [5.41, 5.74) is 0.888. The number of nitrogens with zero attached hydrogens (tertiary/aromatic N) is 2. The molecule has 6 nitrogen and oxygen atoms in total. The second-order valence-electron chi connectivity index (χ2n) is 5.77. The largest absolute Gasteiger partial charge is 0.360 e. The van der Waals surface area contributed by atoms with E-state index in [1.54, 1.807) is 11.8 Å². The molecule has 1 saturated heterocycles. The van der Waals surface area contributed by atoms with E-state index in [1.165, 1.54) is 19.1 Å². The van der Waals surface area contributed by atoms with Crippen LogP contribution in [0.1, 0.15) is 24.3 Å². The summed E-state index contributed by atoms with van der Waals surface area (Å²) in [5.74, 6) is 2.32. The second kappa shape index (κ2) is 6.28. The van der Waals surface area contributed by atoms with E-state index in [0.29, 0.717) is 18.3 Å². The van der Waals surface area contributed by atoms with Crippen molar-refractivity contribution in [3.05, 3.63) is 17.5 Å². The van der Waals surface area contributed by atoms with E-state index < -0.39 is 15.2 Å². The van der Waals surface area contributed by atoms with Crippen LogP contribution >= 0.6 is 11.8 Å². The van der Waals surface area contributed by atoms with Crippen LogP contribution < -0.4 is 5.32 Å². The van der Waals surface area contributed by atoms with Crippen molar-refractivity contribution in [1.29, 1.82) is 0 Å². The third kappa shape index (κ3) is 4.21. The minimum absolute atomic E-state index is 0.422. The minimum Gasteiger partial charge on any atom is -0.360 e. The molecule has 3 rings (SSSR count). The highest BCUT2D eigenvalue weighted by Crippen LogP contribution is 2.23. The summed E-state index contributed by atoms with van der Waals surface area (Å²) in [4.78, 5) is 1.98. The zero-order valence-electron chi connectivity index (χ0n) is 12.1. The minimum atomic E-state index is -3.07. The SMILES string of the molecule is CS(=O)(=O)C1CSCCN1Cc1cc(CNC2CC2)no1. The van der Waals surface area contributed by atoms with Gasteiger partial charge in [-0.3, -0.25) is 4.90 Å². The molecule has 1 aromatic heterocycles. The zero-order valence-corrected chi connectivity index (χ0v) is 13.8. The van der Waals surface area contributed by atoms with Crippen LogP contribution in [0.25, 0.3) is 0 Å². The Hall–Kier alpha value is -0.570. The molecule has 2 fully saturated rings. The molecule has 0 radical (unpaired) electrons. The van der Waals surface area contributed by atoms with Gasteiger partial charge < -0.3 is 9.84 Å². The molecular formula is C13H21N3O3S2. The first-order chi connectivity index (χ1) is 10.0. The standard InChI is InChI=1S/C13H21N3O3S2/c1-21(17,18)13-9-20-5-4-16(13)8-12-6-11(15-19-12)7-14-10-2-3-10/h6,10,13-14H,2-5,7-9H2,1H3. The van der Waals surface area contributed by atoms with Crippen LogP contribution in [0.4, 0.5) is 0 Å². The van der Waals surface area contributed by atoms with E-state index in [1.807, 2.05) is 11.0 Å². The number of thioether (sulfide) groups is 1. The molecule has 1 aliphatic heterocycles. The van der Waals surface area contributed by atoms with Gasteiger partial charge in [-0.25, -0.2) is 8.42 Å². The summed E-state index contributed by atoms with van der Waals surface area (Å²) in [5, 5.41) is 7.02. The molecule has 118 valence electrons. The first kappa shape index (κ1) is 15.3. The van der Waals surface area contributed by atoms with Gasteiger partial charge in [0, 0.05) is 43.0 Å². The molecule has 0 aromatic carbocycles. The van der Waals surface area contributed by atoms with Crippen molar-refractivity contribution in [1.82, 2.24) is 15.4 Å². The van der Waals surface area contributed by atoms with E-state index in [0.717, 1.165) is 30.3 Å². The predicted octanol–water partition coefficient (Wildman–Crippen LogP) is 0.846. The smallest absolute Gasteiger partial charge is 0.164 e. The number of aromatic nitrogens is 1. The lowest BCUT2D eigenvalue weighted by molar-refractivity contribution is 0.227. The van der Waals surface area contributed by atoms with Crippen LogP contribution in [0.2, 0.25) is 0 Å². The van der Waals surface area contributed by atoms with Crippen LogP contribution in [0.3, 0.4) is 0 Å². The Kier molecular flexibility index (Phi) is 4.58. The number of nitrogens with one attached hydrogen (secondary N) is 1. The van der Waals surface area contributed by atoms with Gasteiger partial charge in [0.2, 0.25) is 0 Å². The summed E-state index contributed by atoms with van der Waals surface area (Å²) >= 11 is 1.69. The molecule has 1 aromatic rings. The fourth-order valence-corrected chi connectivity index (χ4v) is 5.38. The van der Waals surface area contributed by atoms with Crippen molar-refractivity contribution >= 4 is 21.6 Å². The Morgan fingerprint density at radius 3 is 3.05 bits per heavy atom. The first-order valence-corrected chi connectivity index (χ1v) is 10.3. The Morgan fingerprint density at radius 1 is 1.52 bits per heavy atom. The Labute approximate surface area is 129 Å². The summed E-state index contributed by atoms with van der Waals surface area (Å²) in [7, 11) is -3.07. The normalized spacial score (nSPS) is 24.3. The Balaban J connectivity index is 1.61. The maximum absolute atomic E-state index is 11.9. The average Bonchev–Trinajstić information content (AvgIpc) is 3.16. The lowest BCUT2D eigenvalue weighted by Crippen LogP contribution is -2.46. The topological polar surface area (TPSA) is 75.4 Å². The molecule has 1 unspecified atom stereocenters. The van der Waals surface area contributed by atoms with Crippen molar-refractivity contribution in [2.45, 2.75) is 37.3 Å². The van der Waals surface area contributed by atoms with Crippen molar-refractivity contribution in [2.75, 3.05) is 24.3 Å². The van der Waals surface area contributed by atoms with Crippen LogP contribution in [0.5, 0.6) is 0 Å². The van der Waals surface area contributed by atoms with E-state index >= 15 is 0 Å². The first-order valence-electron chi connectivity index (χ1n) is 7.21. The molecule has 1 saturated carbocycles. The molecule has 1 atom stereocenters. The Morgan fingerprint density at radius 2 is 2.33 bits per heavy atom. The molecule has 8 heteroatoms. The molecule has 21 heavy (non-hydrogen) atoms. The monoisotopic (exact) mass is 331 g/mol. The third-order valence-electron chi connectivity index (χ3n) is 3.80. The zero-order chi connectivity index (χ0) is 14.9. The molecule has 0 amide bonds. The number of hydrogen-bond acceptors (Lipinski definition) is 7. The Bertz CT molecular complexity index is 583. The van der Waals surface area contributed by atoms with Crippen molar-refractivity contribution in [3.8, 4) is 0 Å². The molecular weight excluding hydrogens is 310 g/mol. The molecule has 1 N–H and O–H groups in total. The average molecular weight is 331 g/mol. The van der Waals surface area contributed by atoms with Gasteiger partial charge in [0.1, 0.15) is 5.37 Å². The van der Waals surface area contributed by atoms with Gasteiger partial charge in [0.15, 0.2) is 15.6 Å². The van der Waals surface area contributed by atoms with Crippen LogP contribution in [-0.2, 0) is 22.9 Å². The third-order valence-corrected chi connectivity index (χ3v) is 6.49. The number of rotatable bonds is 6. The van der Waals surface area contributed by atoms with Gasteiger partial charge in [-0.05, 0) is 12.8 Å². The second-order valence-corrected chi connectivity index (χ2v) is 9.12. The molecule has 2 aliphatic rings. The summed E-state index contributed by atoms with van der Waals surface area (Å²) in [6.45, 7) is 1.99.